The van der Waals surface area contributed by atoms with Gasteiger partial charge in [-0.05, 0) is 17.0 Å². The quantitative estimate of drug-likeness (QED) is 0.208. The van der Waals surface area contributed by atoms with Crippen LogP contribution in [0.25, 0.3) is 27.3 Å². The van der Waals surface area contributed by atoms with Crippen LogP contribution in [0.5, 0.6) is 0 Å². The van der Waals surface area contributed by atoms with Crippen molar-refractivity contribution in [3.63, 3.8) is 0 Å². The van der Waals surface area contributed by atoms with Crippen molar-refractivity contribution in [3.05, 3.63) is 96.3 Å². The molecule has 0 saturated carbocycles. The summed E-state index contributed by atoms with van der Waals surface area (Å²) in [5.74, 6) is 0. The van der Waals surface area contributed by atoms with E-state index < -0.39 is 0 Å². The van der Waals surface area contributed by atoms with Gasteiger partial charge in [-0.3, -0.25) is 4.98 Å². The third-order valence-electron chi connectivity index (χ3n) is 4.52. The zero-order valence-corrected chi connectivity index (χ0v) is 17.9. The summed E-state index contributed by atoms with van der Waals surface area (Å²) in [7, 11) is 4.76. The largest absolute Gasteiger partial charge is 0.340 e. The maximum absolute atomic E-state index is 4.92. The third-order valence-corrected chi connectivity index (χ3v) is 4.52. The second kappa shape index (κ2) is 7.57. The zero-order chi connectivity index (χ0) is 17.9. The van der Waals surface area contributed by atoms with E-state index in [0.29, 0.717) is 0 Å². The Balaban J connectivity index is 0.000000814. The first-order valence-electron chi connectivity index (χ1n) is 8.40. The van der Waals surface area contributed by atoms with Gasteiger partial charge in [-0.15, -0.1) is 29.7 Å². The third kappa shape index (κ3) is 3.02. The van der Waals surface area contributed by atoms with Crippen LogP contribution in [-0.4, -0.2) is 9.38 Å². The molecule has 0 spiro atoms. The molecule has 2 aromatic heterocycles. The van der Waals surface area contributed by atoms with Gasteiger partial charge < -0.3 is 4.40 Å². The number of benzene rings is 3. The minimum Gasteiger partial charge on any atom is -0.340 e. The Morgan fingerprint density at radius 1 is 0.885 bits per heavy atom. The topological polar surface area (TPSA) is 17.3 Å². The second-order valence-electron chi connectivity index (χ2n) is 6.06. The maximum Gasteiger partial charge on any atom is 0.0612 e. The van der Waals surface area contributed by atoms with Gasteiger partial charge in [0.15, 0.2) is 0 Å². The van der Waals surface area contributed by atoms with E-state index in [0.717, 1.165) is 40.5 Å². The Morgan fingerprint density at radius 3 is 2.46 bits per heavy atom. The molecule has 0 unspecified atom stereocenters. The molecule has 0 saturated heterocycles. The summed E-state index contributed by atoms with van der Waals surface area (Å²) in [6, 6.07) is 28.5. The fourth-order valence-corrected chi connectivity index (χ4v) is 3.44. The normalized spacial score (nSPS) is 10.9. The molecule has 2 nitrogen and oxygen atoms in total. The Kier molecular flexibility index (Phi) is 5.01. The molecule has 0 radical (unpaired) electrons. The van der Waals surface area contributed by atoms with E-state index >= 15 is 0 Å². The van der Waals surface area contributed by atoms with E-state index in [2.05, 4.69) is 71.3 Å². The molecule has 5 aromatic rings. The van der Waals surface area contributed by atoms with Crippen molar-refractivity contribution in [3.8, 4) is 0 Å². The second-order valence-corrected chi connectivity index (χ2v) is 6.06. The van der Waals surface area contributed by atoms with Gasteiger partial charge in [0.25, 0.3) is 0 Å². The predicted molar refractivity (Wildman–Crippen MR) is 104 cm³/mol. The van der Waals surface area contributed by atoms with Crippen molar-refractivity contribution in [2.45, 2.75) is 6.42 Å². The van der Waals surface area contributed by atoms with Gasteiger partial charge in [0.2, 0.25) is 0 Å². The molecule has 5 rings (SSSR count). The monoisotopic (exact) mass is 406 g/mol. The molecule has 3 aromatic carbocycles. The number of hydrogen-bond donors (Lipinski definition) is 0. The van der Waals surface area contributed by atoms with E-state index in [4.69, 9.17) is 14.7 Å². The first kappa shape index (κ1) is 17.2. The van der Waals surface area contributed by atoms with Crippen molar-refractivity contribution in [2.24, 2.45) is 0 Å². The van der Waals surface area contributed by atoms with Crippen molar-refractivity contribution >= 4 is 37.0 Å². The molecular weight excluding hydrogens is 393 g/mol. The van der Waals surface area contributed by atoms with Crippen LogP contribution in [0.1, 0.15) is 11.3 Å². The number of fused-ring (bicyclic) bond motifs is 6. The molecule has 0 aliphatic rings. The smallest absolute Gasteiger partial charge is 0.0612 e. The summed E-state index contributed by atoms with van der Waals surface area (Å²) in [5, 5.41) is 3.52. The number of halogens is 1. The van der Waals surface area contributed by atoms with Crippen LogP contribution in [-0.2, 0) is 23.7 Å². The number of rotatable bonds is 2. The average Bonchev–Trinajstić information content (AvgIpc) is 3.15. The minimum atomic E-state index is 0.838. The summed E-state index contributed by atoms with van der Waals surface area (Å²) in [6.45, 7) is 0. The summed E-state index contributed by atoms with van der Waals surface area (Å²) < 4.78 is 2.20. The molecule has 0 fully saturated rings. The summed E-state index contributed by atoms with van der Waals surface area (Å²) in [6.07, 6.45) is 3.00. The fourth-order valence-electron chi connectivity index (χ4n) is 3.44. The van der Waals surface area contributed by atoms with Gasteiger partial charge in [-0.1, -0.05) is 53.9 Å². The van der Waals surface area contributed by atoms with Gasteiger partial charge in [-0.25, -0.2) is 0 Å². The summed E-state index contributed by atoms with van der Waals surface area (Å²) >= 11 is 0.847. The fraction of sp³-hybridized carbons (Fsp3) is 0.0455. The van der Waals surface area contributed by atoms with Crippen molar-refractivity contribution in [1.82, 2.24) is 9.38 Å². The number of imidazole rings is 1. The van der Waals surface area contributed by atoms with Crippen LogP contribution in [0.3, 0.4) is 0 Å². The molecule has 0 aliphatic carbocycles. The molecular formula is C22H15ClN2Zn. The number of nitrogens with zero attached hydrogens (tertiary/aromatic N) is 2. The van der Waals surface area contributed by atoms with Gasteiger partial charge in [0, 0.05) is 18.1 Å². The molecule has 0 N–H and O–H groups in total. The van der Waals surface area contributed by atoms with Crippen LogP contribution in [0.2, 0.25) is 0 Å². The molecule has 4 heteroatoms. The van der Waals surface area contributed by atoms with E-state index in [9.17, 15) is 0 Å². The van der Waals surface area contributed by atoms with Gasteiger partial charge >= 0.3 is 27.0 Å². The number of hydrogen-bond acceptors (Lipinski definition) is 1. The predicted octanol–water partition coefficient (Wildman–Crippen LogP) is 5.72. The van der Waals surface area contributed by atoms with Crippen LogP contribution in [0.4, 0.5) is 0 Å². The van der Waals surface area contributed by atoms with Crippen LogP contribution in [0, 0.1) is 6.07 Å². The number of aromatic nitrogens is 2. The zero-order valence-electron chi connectivity index (χ0n) is 14.2. The Labute approximate surface area is 166 Å². The Bertz CT molecular complexity index is 1110. The van der Waals surface area contributed by atoms with E-state index in [1.165, 1.54) is 21.9 Å². The molecule has 0 atom stereocenters. The SMILES string of the molecule is [Cl][Zn+].[c-]1cccc2c1c1nc(Cc3ccccc3)cn1c1ccccc21. The van der Waals surface area contributed by atoms with Crippen LogP contribution >= 0.6 is 9.69 Å². The maximum atomic E-state index is 4.92. The molecule has 26 heavy (non-hydrogen) atoms. The van der Waals surface area contributed by atoms with Gasteiger partial charge in [-0.2, -0.15) is 0 Å². The van der Waals surface area contributed by atoms with Crippen molar-refractivity contribution in [2.75, 3.05) is 0 Å². The van der Waals surface area contributed by atoms with Crippen LogP contribution in [0.15, 0.2) is 79.0 Å². The van der Waals surface area contributed by atoms with Crippen LogP contribution < -0.4 is 0 Å². The first-order valence-corrected chi connectivity index (χ1v) is 12.3. The minimum absolute atomic E-state index is 0.838. The van der Waals surface area contributed by atoms with E-state index in [1.807, 2.05) is 18.2 Å². The number of pyridine rings is 1. The number of para-hydroxylation sites is 1. The van der Waals surface area contributed by atoms with E-state index in [1.54, 1.807) is 0 Å². The molecule has 0 bridgehead atoms. The van der Waals surface area contributed by atoms with Crippen molar-refractivity contribution in [1.29, 1.82) is 0 Å². The molecule has 122 valence electrons. The molecule has 0 amide bonds. The van der Waals surface area contributed by atoms with Crippen molar-refractivity contribution < 1.29 is 17.3 Å². The first-order chi connectivity index (χ1) is 12.9. The Morgan fingerprint density at radius 2 is 1.62 bits per heavy atom. The van der Waals surface area contributed by atoms with E-state index in [-0.39, 0.29) is 0 Å². The average molecular weight is 408 g/mol. The Hall–Kier alpha value is -2.22. The van der Waals surface area contributed by atoms with Gasteiger partial charge in [0.05, 0.1) is 11.3 Å². The summed E-state index contributed by atoms with van der Waals surface area (Å²) in [5.41, 5.74) is 4.52. The molecule has 0 aliphatic heterocycles. The standard InChI is InChI=1S/C22H15N2.ClH.Zn/c1-2-8-16(9-3-1)14-17-15-24-21-13-7-6-11-19(21)18-10-4-5-12-20(18)22(24)23-17;;/h1-11,13,15H,14H2;1H;/q-1;;+2/p-1. The molecule has 2 heterocycles. The van der Waals surface area contributed by atoms with Gasteiger partial charge in [0.1, 0.15) is 0 Å². The summed E-state index contributed by atoms with van der Waals surface area (Å²) in [4.78, 5) is 4.92.